The van der Waals surface area contributed by atoms with Gasteiger partial charge in [0.15, 0.2) is 69.8 Å². The fourth-order valence-corrected chi connectivity index (χ4v) is 17.0. The van der Waals surface area contributed by atoms with Gasteiger partial charge in [-0.3, -0.25) is 0 Å². The van der Waals surface area contributed by atoms with Gasteiger partial charge >= 0.3 is 21.2 Å². The van der Waals surface area contributed by atoms with Crippen LogP contribution in [0.3, 0.4) is 0 Å². The lowest BCUT2D eigenvalue weighted by molar-refractivity contribution is -0.585. The number of fused-ring (bicyclic) bond motifs is 4. The number of benzene rings is 10. The van der Waals surface area contributed by atoms with Crippen molar-refractivity contribution in [3.8, 4) is 20.9 Å². The van der Waals surface area contributed by atoms with E-state index >= 15 is 35.1 Å². The summed E-state index contributed by atoms with van der Waals surface area (Å²) in [6, 6.07) is 49.3. The molecule has 2 aromatic heterocycles. The lowest BCUT2D eigenvalue weighted by Gasteiger charge is -2.44. The molecule has 0 amide bonds. The Hall–Kier alpha value is -7.97. The molecule has 2 heterocycles. The van der Waals surface area contributed by atoms with Gasteiger partial charge in [0, 0.05) is 33.0 Å². The molecule has 0 aliphatic carbocycles. The normalized spacial score (nSPS) is 11.9. The minimum atomic E-state index is -7.22. The molecule has 12 rings (SSSR count). The van der Waals surface area contributed by atoms with E-state index in [2.05, 4.69) is 133 Å². The predicted molar refractivity (Wildman–Crippen MR) is 276 cm³/mol. The highest BCUT2D eigenvalue weighted by molar-refractivity contribution is 7.20. The lowest BCUT2D eigenvalue weighted by atomic mass is 9.12. The van der Waals surface area contributed by atoms with E-state index in [1.807, 2.05) is 22.7 Å². The summed E-state index contributed by atoms with van der Waals surface area (Å²) in [6.45, 7) is 0. The average molecular weight is 1320 g/mol. The Morgan fingerprint density at radius 3 is 0.667 bits per heavy atom. The topological polar surface area (TPSA) is 0 Å². The van der Waals surface area contributed by atoms with Crippen molar-refractivity contribution in [2.75, 3.05) is 0 Å². The summed E-state index contributed by atoms with van der Waals surface area (Å²) in [5.74, 6) is -71.4. The summed E-state index contributed by atoms with van der Waals surface area (Å²) in [4.78, 5) is 2.74. The molecule has 424 valence electrons. The van der Waals surface area contributed by atoms with Gasteiger partial charge in [0.25, 0.3) is 0 Å². The highest BCUT2D eigenvalue weighted by atomic mass is 127. The average Bonchev–Trinajstić information content (AvgIpc) is 0.845. The Balaban J connectivity index is 0.000000176. The minimum absolute atomic E-state index is 0.253. The fraction of sp³-hybridized carbons (Fsp3) is 0. The van der Waals surface area contributed by atoms with Crippen LogP contribution in [0.1, 0.15) is 0 Å². The second-order valence-electron chi connectivity index (χ2n) is 18.5. The fourth-order valence-electron chi connectivity index (χ4n) is 10.5. The third kappa shape index (κ3) is 8.95. The van der Waals surface area contributed by atoms with E-state index in [9.17, 15) is 52.7 Å². The van der Waals surface area contributed by atoms with Crippen molar-refractivity contribution in [1.29, 1.82) is 0 Å². The first-order chi connectivity index (χ1) is 40.0. The molecule has 0 bridgehead atoms. The number of hydrogen-bond acceptors (Lipinski definition) is 2. The second-order valence-corrected chi connectivity index (χ2v) is 25.0. The molecular formula is C60H22BF20IS2. The first kappa shape index (κ1) is 57.8. The van der Waals surface area contributed by atoms with E-state index in [0.29, 0.717) is 0 Å². The van der Waals surface area contributed by atoms with Crippen LogP contribution < -0.4 is 43.1 Å². The lowest BCUT2D eigenvalue weighted by Crippen LogP contribution is -3.61. The van der Waals surface area contributed by atoms with E-state index in [4.69, 9.17) is 0 Å². The summed E-state index contributed by atoms with van der Waals surface area (Å²) in [5.41, 5.74) is -11.6. The maximum atomic E-state index is 15.4. The summed E-state index contributed by atoms with van der Waals surface area (Å²) in [6.07, 6.45) is -7.22. The molecule has 84 heavy (non-hydrogen) atoms. The Morgan fingerprint density at radius 2 is 0.440 bits per heavy atom. The van der Waals surface area contributed by atoms with E-state index < -0.39 is 144 Å². The molecule has 0 unspecified atom stereocenters. The molecule has 12 aromatic rings. The first-order valence-corrected chi connectivity index (χ1v) is 27.7. The van der Waals surface area contributed by atoms with Gasteiger partial charge in [-0.25, -0.2) is 87.8 Å². The van der Waals surface area contributed by atoms with Gasteiger partial charge < -0.3 is 0 Å². The standard InChI is InChI=1S/C36H22IS2.C24BF20/c1-5-13-27-23(9-1)21-24-10-2-6-14-28(24)35(27)31-17-19-33(38-31)37-34-20-18-32(39-34)36-29-15-7-3-11-25(29)22-26-12-4-8-16-30(26)36;26-5-1(6(27)14(35)21(42)13(5)34)25(2-7(28)15(36)22(43)16(37)8(2)29,3-9(30)17(38)23(44)18(39)10(3)31)4-11(32)19(40)24(45)20(41)12(4)33/h1-22H;/q+1;-1. The van der Waals surface area contributed by atoms with Gasteiger partial charge in [-0.15, -0.1) is 21.9 Å². The quantitative estimate of drug-likeness (QED) is 0.0355. The summed E-state index contributed by atoms with van der Waals surface area (Å²) < 4.78 is 297. The smallest absolute Gasteiger partial charge is 0.207 e. The van der Waals surface area contributed by atoms with Crippen molar-refractivity contribution >= 4 is 93.8 Å². The molecule has 0 fully saturated rings. The van der Waals surface area contributed by atoms with Gasteiger partial charge in [-0.1, -0.05) is 120 Å². The van der Waals surface area contributed by atoms with Crippen molar-refractivity contribution in [2.45, 2.75) is 0 Å². The Morgan fingerprint density at radius 1 is 0.238 bits per heavy atom. The summed E-state index contributed by atoms with van der Waals surface area (Å²) in [7, 11) is 0. The largest absolute Gasteiger partial charge is 0.381 e. The minimum Gasteiger partial charge on any atom is -0.207 e. The van der Waals surface area contributed by atoms with Crippen LogP contribution in [0.15, 0.2) is 133 Å². The zero-order valence-corrected chi connectivity index (χ0v) is 44.8. The van der Waals surface area contributed by atoms with E-state index in [1.54, 1.807) is 0 Å². The molecule has 0 nitrogen and oxygen atoms in total. The SMILES string of the molecule is Fc1c(F)c(F)c([B-](c2c(F)c(F)c(F)c(F)c2F)(c2c(F)c(F)c(F)c(F)c2F)c2c(F)c(F)c(F)c(F)c2F)c(F)c1F.c1ccc2c(-c3ccc([I+]c4ccc(-c5c6ccccc6cc6ccccc56)s4)s3)c3ccccc3cc2c1. The van der Waals surface area contributed by atoms with Gasteiger partial charge in [0.1, 0.15) is 52.7 Å². The molecule has 0 aliphatic heterocycles. The Labute approximate surface area is 476 Å². The zero-order valence-electron chi connectivity index (χ0n) is 41.0. The third-order valence-electron chi connectivity index (χ3n) is 14.1. The zero-order chi connectivity index (χ0) is 60.1. The van der Waals surface area contributed by atoms with E-state index in [0.717, 1.165) is 0 Å². The van der Waals surface area contributed by atoms with Gasteiger partial charge in [-0.05, 0) is 67.4 Å². The maximum Gasteiger partial charge on any atom is 0.381 e. The van der Waals surface area contributed by atoms with E-state index in [-0.39, 0.29) is 21.2 Å². The molecule has 0 saturated carbocycles. The maximum absolute atomic E-state index is 15.4. The molecular weight excluding hydrogens is 1300 g/mol. The van der Waals surface area contributed by atoms with Crippen LogP contribution in [0, 0.1) is 122 Å². The van der Waals surface area contributed by atoms with Gasteiger partial charge in [-0.2, -0.15) is 0 Å². The number of halogens is 21. The summed E-state index contributed by atoms with van der Waals surface area (Å²) >= 11 is 3.70. The molecule has 0 atom stereocenters. The highest BCUT2D eigenvalue weighted by Gasteiger charge is 2.52. The van der Waals surface area contributed by atoms with Crippen molar-refractivity contribution < 1.29 is 109 Å². The van der Waals surface area contributed by atoms with Crippen LogP contribution >= 0.6 is 22.7 Å². The van der Waals surface area contributed by atoms with Gasteiger partial charge in [0.2, 0.25) is 5.77 Å². The number of hydrogen-bond donors (Lipinski definition) is 0. The van der Waals surface area contributed by atoms with Crippen LogP contribution in [-0.2, 0) is 0 Å². The van der Waals surface area contributed by atoms with Crippen molar-refractivity contribution in [3.63, 3.8) is 0 Å². The summed E-state index contributed by atoms with van der Waals surface area (Å²) in [5, 5.41) is 10.6. The van der Waals surface area contributed by atoms with Crippen LogP contribution in [0.5, 0.6) is 0 Å². The first-order valence-electron chi connectivity index (χ1n) is 23.9. The monoisotopic (exact) mass is 1320 g/mol. The Kier molecular flexibility index (Phi) is 15.1. The second kappa shape index (κ2) is 21.9. The Bertz CT molecular complexity index is 4090. The number of thiophene rings is 2. The third-order valence-corrected chi connectivity index (χ3v) is 20.0. The van der Waals surface area contributed by atoms with Gasteiger partial charge in [0.05, 0.1) is 0 Å². The van der Waals surface area contributed by atoms with Crippen molar-refractivity contribution in [2.24, 2.45) is 0 Å². The number of rotatable bonds is 8. The highest BCUT2D eigenvalue weighted by Crippen LogP contribution is 2.41. The van der Waals surface area contributed by atoms with Crippen LogP contribution in [0.25, 0.3) is 64.0 Å². The molecule has 24 heteroatoms. The molecule has 0 aliphatic rings. The molecule has 0 spiro atoms. The van der Waals surface area contributed by atoms with Crippen LogP contribution in [0.4, 0.5) is 87.8 Å². The molecule has 0 N–H and O–H groups in total. The molecule has 0 saturated heterocycles. The molecule has 10 aromatic carbocycles. The van der Waals surface area contributed by atoms with Crippen LogP contribution in [-0.4, -0.2) is 6.15 Å². The van der Waals surface area contributed by atoms with Crippen molar-refractivity contribution in [1.82, 2.24) is 0 Å². The van der Waals surface area contributed by atoms with Crippen molar-refractivity contribution in [3.05, 3.63) is 256 Å². The molecule has 0 radical (unpaired) electrons. The van der Waals surface area contributed by atoms with Crippen LogP contribution in [0.2, 0.25) is 0 Å². The van der Waals surface area contributed by atoms with E-state index in [1.165, 1.54) is 69.7 Å². The predicted octanol–water partition coefficient (Wildman–Crippen LogP) is 13.7.